The van der Waals surface area contributed by atoms with E-state index >= 15 is 0 Å². The number of aliphatic hydroxyl groups excluding tert-OH is 1. The van der Waals surface area contributed by atoms with Crippen LogP contribution in [0.3, 0.4) is 0 Å². The molecule has 0 saturated heterocycles. The van der Waals surface area contributed by atoms with Crippen molar-refractivity contribution in [3.05, 3.63) is 28.8 Å². The van der Waals surface area contributed by atoms with Crippen molar-refractivity contribution in [2.45, 2.75) is 24.3 Å². The quantitative estimate of drug-likeness (QED) is 0.662. The first-order valence-electron chi connectivity index (χ1n) is 5.21. The van der Waals surface area contributed by atoms with Gasteiger partial charge in [-0.3, -0.25) is 4.79 Å². The highest BCUT2D eigenvalue weighted by Crippen LogP contribution is 2.28. The number of aliphatic hydroxyl groups is 1. The Bertz CT molecular complexity index is 393. The monoisotopic (exact) mass is 274 g/mol. The van der Waals surface area contributed by atoms with Crippen molar-refractivity contribution in [2.75, 3.05) is 12.9 Å². The van der Waals surface area contributed by atoms with Gasteiger partial charge in [-0.15, -0.1) is 11.8 Å². The molecule has 0 fully saturated rings. The number of halogens is 1. The lowest BCUT2D eigenvalue weighted by Gasteiger charge is -2.09. The summed E-state index contributed by atoms with van der Waals surface area (Å²) in [5.41, 5.74) is 0.712. The predicted molar refractivity (Wildman–Crippen MR) is 69.4 cm³/mol. The second-order valence-corrected chi connectivity index (χ2v) is 5.11. The molecule has 1 atom stereocenters. The largest absolute Gasteiger partial charge is 0.469 e. The third kappa shape index (κ3) is 4.58. The fourth-order valence-corrected chi connectivity index (χ4v) is 2.56. The van der Waals surface area contributed by atoms with Crippen LogP contribution in [0.5, 0.6) is 0 Å². The standard InChI is InChI=1S/C12H15ClO3S/c1-8(14)10-4-3-9(7-11(10)13)17-6-5-12(15)16-2/h3-4,7-8,14H,5-6H2,1-2H3. The Labute approximate surface area is 110 Å². The third-order valence-corrected chi connectivity index (χ3v) is 3.55. The highest BCUT2D eigenvalue weighted by molar-refractivity contribution is 7.99. The van der Waals surface area contributed by atoms with E-state index in [2.05, 4.69) is 4.74 Å². The van der Waals surface area contributed by atoms with E-state index in [0.717, 1.165) is 4.90 Å². The van der Waals surface area contributed by atoms with Crippen molar-refractivity contribution < 1.29 is 14.6 Å². The van der Waals surface area contributed by atoms with Crippen LogP contribution in [0.25, 0.3) is 0 Å². The zero-order valence-electron chi connectivity index (χ0n) is 9.77. The van der Waals surface area contributed by atoms with Crippen LogP contribution in [0.4, 0.5) is 0 Å². The van der Waals surface area contributed by atoms with Crippen LogP contribution >= 0.6 is 23.4 Å². The van der Waals surface area contributed by atoms with Crippen LogP contribution in [-0.2, 0) is 9.53 Å². The maximum atomic E-state index is 10.9. The molecule has 0 aliphatic heterocycles. The summed E-state index contributed by atoms with van der Waals surface area (Å²) in [5, 5.41) is 9.97. The van der Waals surface area contributed by atoms with Gasteiger partial charge in [0.25, 0.3) is 0 Å². The average molecular weight is 275 g/mol. The molecule has 0 saturated carbocycles. The number of hydrogen-bond donors (Lipinski definition) is 1. The minimum absolute atomic E-state index is 0.218. The lowest BCUT2D eigenvalue weighted by atomic mass is 10.1. The van der Waals surface area contributed by atoms with Gasteiger partial charge in [-0.05, 0) is 24.6 Å². The Kier molecular flexibility index (Phi) is 5.82. The summed E-state index contributed by atoms with van der Waals surface area (Å²) >= 11 is 7.56. The highest BCUT2D eigenvalue weighted by atomic mass is 35.5. The van der Waals surface area contributed by atoms with E-state index in [4.69, 9.17) is 11.6 Å². The number of hydrogen-bond acceptors (Lipinski definition) is 4. The van der Waals surface area contributed by atoms with E-state index in [9.17, 15) is 9.90 Å². The Balaban J connectivity index is 2.56. The lowest BCUT2D eigenvalue weighted by molar-refractivity contribution is -0.140. The summed E-state index contributed by atoms with van der Waals surface area (Å²) in [6, 6.07) is 5.48. The van der Waals surface area contributed by atoms with Gasteiger partial charge < -0.3 is 9.84 Å². The summed E-state index contributed by atoms with van der Waals surface area (Å²) in [7, 11) is 1.38. The molecule has 94 valence electrons. The van der Waals surface area contributed by atoms with Gasteiger partial charge in [0.2, 0.25) is 0 Å². The van der Waals surface area contributed by atoms with Crippen LogP contribution in [0, 0.1) is 0 Å². The lowest BCUT2D eigenvalue weighted by Crippen LogP contribution is -2.01. The van der Waals surface area contributed by atoms with E-state index in [1.807, 2.05) is 6.07 Å². The molecular formula is C12H15ClO3S. The maximum absolute atomic E-state index is 10.9. The van der Waals surface area contributed by atoms with Crippen molar-refractivity contribution in [1.82, 2.24) is 0 Å². The topological polar surface area (TPSA) is 46.5 Å². The van der Waals surface area contributed by atoms with E-state index in [0.29, 0.717) is 22.8 Å². The van der Waals surface area contributed by atoms with Crippen molar-refractivity contribution in [3.63, 3.8) is 0 Å². The third-order valence-electron chi connectivity index (χ3n) is 2.22. The first-order valence-corrected chi connectivity index (χ1v) is 6.58. The number of esters is 1. The Hall–Kier alpha value is -0.710. The number of carbonyl (C=O) groups excluding carboxylic acids is 1. The van der Waals surface area contributed by atoms with Crippen molar-refractivity contribution in [1.29, 1.82) is 0 Å². The summed E-state index contributed by atoms with van der Waals surface area (Å²) in [5.74, 6) is 0.431. The van der Waals surface area contributed by atoms with Crippen molar-refractivity contribution >= 4 is 29.3 Å². The molecule has 0 bridgehead atoms. The molecule has 0 heterocycles. The normalized spacial score (nSPS) is 12.2. The molecule has 1 rings (SSSR count). The number of carbonyl (C=O) groups is 1. The van der Waals surface area contributed by atoms with Gasteiger partial charge in [0.1, 0.15) is 0 Å². The van der Waals surface area contributed by atoms with Crippen LogP contribution in [0.1, 0.15) is 25.0 Å². The molecule has 0 aromatic heterocycles. The fourth-order valence-electron chi connectivity index (χ4n) is 1.29. The number of methoxy groups -OCH3 is 1. The van der Waals surface area contributed by atoms with Gasteiger partial charge in [0.05, 0.1) is 19.6 Å². The molecule has 0 spiro atoms. The minimum atomic E-state index is -0.573. The molecule has 0 amide bonds. The number of ether oxygens (including phenoxy) is 1. The minimum Gasteiger partial charge on any atom is -0.469 e. The highest BCUT2D eigenvalue weighted by Gasteiger charge is 2.07. The Morgan fingerprint density at radius 1 is 1.59 bits per heavy atom. The van der Waals surface area contributed by atoms with E-state index < -0.39 is 6.10 Å². The maximum Gasteiger partial charge on any atom is 0.306 e. The molecule has 0 radical (unpaired) electrons. The molecule has 1 unspecified atom stereocenters. The van der Waals surface area contributed by atoms with E-state index in [1.165, 1.54) is 18.9 Å². The van der Waals surface area contributed by atoms with Crippen LogP contribution in [0.15, 0.2) is 23.1 Å². The van der Waals surface area contributed by atoms with Gasteiger partial charge in [-0.25, -0.2) is 0 Å². The second-order valence-electron chi connectivity index (χ2n) is 3.53. The fraction of sp³-hybridized carbons (Fsp3) is 0.417. The smallest absolute Gasteiger partial charge is 0.306 e. The van der Waals surface area contributed by atoms with Crippen LogP contribution in [0.2, 0.25) is 5.02 Å². The van der Waals surface area contributed by atoms with Gasteiger partial charge in [0, 0.05) is 15.7 Å². The molecule has 1 aromatic rings. The second kappa shape index (κ2) is 6.89. The first-order chi connectivity index (χ1) is 8.04. The number of thioether (sulfide) groups is 1. The summed E-state index contributed by atoms with van der Waals surface area (Å²) in [4.78, 5) is 11.9. The summed E-state index contributed by atoms with van der Waals surface area (Å²) < 4.78 is 4.55. The van der Waals surface area contributed by atoms with Gasteiger partial charge in [-0.2, -0.15) is 0 Å². The summed E-state index contributed by atoms with van der Waals surface area (Å²) in [6.07, 6.45) is -0.201. The van der Waals surface area contributed by atoms with Gasteiger partial charge in [0.15, 0.2) is 0 Å². The molecule has 0 aliphatic rings. The van der Waals surface area contributed by atoms with Gasteiger partial charge >= 0.3 is 5.97 Å². The summed E-state index contributed by atoms with van der Waals surface area (Å²) in [6.45, 7) is 1.67. The molecule has 1 N–H and O–H groups in total. The molecule has 5 heteroatoms. The molecule has 1 aromatic carbocycles. The van der Waals surface area contributed by atoms with Crippen molar-refractivity contribution in [2.24, 2.45) is 0 Å². The van der Waals surface area contributed by atoms with Crippen LogP contribution in [-0.4, -0.2) is 23.9 Å². The predicted octanol–water partition coefficient (Wildman–Crippen LogP) is 3.05. The zero-order valence-corrected chi connectivity index (χ0v) is 11.3. The number of rotatable bonds is 5. The molecule has 17 heavy (non-hydrogen) atoms. The SMILES string of the molecule is COC(=O)CCSc1ccc(C(C)O)c(Cl)c1. The zero-order chi connectivity index (χ0) is 12.8. The first kappa shape index (κ1) is 14.4. The molecule has 0 aliphatic carbocycles. The number of benzene rings is 1. The molecule has 3 nitrogen and oxygen atoms in total. The Morgan fingerprint density at radius 3 is 2.82 bits per heavy atom. The Morgan fingerprint density at radius 2 is 2.29 bits per heavy atom. The average Bonchev–Trinajstić information content (AvgIpc) is 2.28. The van der Waals surface area contributed by atoms with Crippen molar-refractivity contribution in [3.8, 4) is 0 Å². The van der Waals surface area contributed by atoms with Gasteiger partial charge in [-0.1, -0.05) is 17.7 Å². The van der Waals surface area contributed by atoms with E-state index in [1.54, 1.807) is 19.1 Å². The molecular weight excluding hydrogens is 260 g/mol. The van der Waals surface area contributed by atoms with E-state index in [-0.39, 0.29) is 5.97 Å². The van der Waals surface area contributed by atoms with Crippen LogP contribution < -0.4 is 0 Å².